The van der Waals surface area contributed by atoms with Gasteiger partial charge in [0, 0.05) is 5.02 Å². The molecule has 2 nitrogen and oxygen atoms in total. The van der Waals surface area contributed by atoms with Gasteiger partial charge in [-0.1, -0.05) is 42.8 Å². The molecule has 21 heavy (non-hydrogen) atoms. The van der Waals surface area contributed by atoms with Gasteiger partial charge < -0.3 is 10.1 Å². The van der Waals surface area contributed by atoms with Gasteiger partial charge in [0.2, 0.25) is 0 Å². The van der Waals surface area contributed by atoms with Gasteiger partial charge in [-0.3, -0.25) is 0 Å². The molecule has 2 aromatic rings. The summed E-state index contributed by atoms with van der Waals surface area (Å²) in [6.45, 7) is 3.86. The van der Waals surface area contributed by atoms with Crippen LogP contribution in [-0.2, 0) is 6.42 Å². The molecule has 1 atom stereocenters. The zero-order valence-corrected chi connectivity index (χ0v) is 13.0. The van der Waals surface area contributed by atoms with Crippen LogP contribution >= 0.6 is 11.6 Å². The SMILES string of the molecule is CCNC(c1cccc(Cl)c1)c1ccc2c(c1)CCCO2. The van der Waals surface area contributed by atoms with Crippen LogP contribution in [0.15, 0.2) is 42.5 Å². The molecule has 1 aliphatic heterocycles. The Bertz CT molecular complexity index is 626. The van der Waals surface area contributed by atoms with E-state index in [9.17, 15) is 0 Å². The van der Waals surface area contributed by atoms with Gasteiger partial charge in [-0.25, -0.2) is 0 Å². The first kappa shape index (κ1) is 14.4. The summed E-state index contributed by atoms with van der Waals surface area (Å²) in [5.41, 5.74) is 3.77. The van der Waals surface area contributed by atoms with Crippen molar-refractivity contribution in [3.05, 3.63) is 64.2 Å². The molecule has 2 aromatic carbocycles. The minimum atomic E-state index is 0.168. The van der Waals surface area contributed by atoms with Gasteiger partial charge in [-0.15, -0.1) is 0 Å². The second-order valence-electron chi connectivity index (χ2n) is 5.36. The molecule has 0 aromatic heterocycles. The Morgan fingerprint density at radius 2 is 2.05 bits per heavy atom. The van der Waals surface area contributed by atoms with Gasteiger partial charge in [0.1, 0.15) is 5.75 Å². The molecule has 0 saturated heterocycles. The van der Waals surface area contributed by atoms with E-state index in [1.165, 1.54) is 16.7 Å². The summed E-state index contributed by atoms with van der Waals surface area (Å²) in [6, 6.07) is 14.7. The van der Waals surface area contributed by atoms with E-state index in [2.05, 4.69) is 36.5 Å². The first-order chi connectivity index (χ1) is 10.3. The highest BCUT2D eigenvalue weighted by Gasteiger charge is 2.17. The molecule has 110 valence electrons. The molecule has 1 heterocycles. The fourth-order valence-corrected chi connectivity index (χ4v) is 3.08. The lowest BCUT2D eigenvalue weighted by Gasteiger charge is -2.23. The third-order valence-electron chi connectivity index (χ3n) is 3.86. The number of hydrogen-bond donors (Lipinski definition) is 1. The van der Waals surface area contributed by atoms with Gasteiger partial charge >= 0.3 is 0 Å². The summed E-state index contributed by atoms with van der Waals surface area (Å²) < 4.78 is 5.70. The Hall–Kier alpha value is -1.51. The van der Waals surface area contributed by atoms with Crippen molar-refractivity contribution in [1.82, 2.24) is 5.32 Å². The summed E-state index contributed by atoms with van der Waals surface area (Å²) in [5.74, 6) is 1.03. The summed E-state index contributed by atoms with van der Waals surface area (Å²) in [7, 11) is 0. The molecule has 0 amide bonds. The van der Waals surface area contributed by atoms with Crippen LogP contribution in [0.4, 0.5) is 0 Å². The van der Waals surface area contributed by atoms with Crippen LogP contribution in [0.5, 0.6) is 5.75 Å². The number of hydrogen-bond acceptors (Lipinski definition) is 2. The van der Waals surface area contributed by atoms with Crippen molar-refractivity contribution >= 4 is 11.6 Å². The van der Waals surface area contributed by atoms with Gasteiger partial charge in [0.05, 0.1) is 12.6 Å². The Balaban J connectivity index is 1.97. The fourth-order valence-electron chi connectivity index (χ4n) is 2.88. The van der Waals surface area contributed by atoms with Crippen LogP contribution in [0, 0.1) is 0 Å². The minimum Gasteiger partial charge on any atom is -0.493 e. The first-order valence-electron chi connectivity index (χ1n) is 7.52. The molecule has 0 saturated carbocycles. The van der Waals surface area contributed by atoms with E-state index in [0.717, 1.165) is 36.8 Å². The molecule has 1 N–H and O–H groups in total. The topological polar surface area (TPSA) is 21.3 Å². The Labute approximate surface area is 131 Å². The highest BCUT2D eigenvalue weighted by Crippen LogP contribution is 2.31. The normalized spacial score (nSPS) is 15.1. The van der Waals surface area contributed by atoms with E-state index in [1.807, 2.05) is 18.2 Å². The second-order valence-corrected chi connectivity index (χ2v) is 5.80. The number of aryl methyl sites for hydroxylation is 1. The van der Waals surface area contributed by atoms with Crippen LogP contribution in [-0.4, -0.2) is 13.2 Å². The maximum Gasteiger partial charge on any atom is 0.122 e. The van der Waals surface area contributed by atoms with Gasteiger partial charge in [-0.05, 0) is 54.3 Å². The van der Waals surface area contributed by atoms with Crippen LogP contribution in [0.25, 0.3) is 0 Å². The molecule has 3 heteroatoms. The number of halogens is 1. The molecule has 3 rings (SSSR count). The van der Waals surface area contributed by atoms with E-state index in [1.54, 1.807) is 0 Å². The lowest BCUT2D eigenvalue weighted by atomic mass is 9.95. The average molecular weight is 302 g/mol. The number of ether oxygens (including phenoxy) is 1. The maximum atomic E-state index is 6.14. The summed E-state index contributed by atoms with van der Waals surface area (Å²) in [6.07, 6.45) is 2.19. The molecule has 0 radical (unpaired) electrons. The smallest absolute Gasteiger partial charge is 0.122 e. The van der Waals surface area contributed by atoms with Crippen molar-refractivity contribution in [1.29, 1.82) is 0 Å². The van der Waals surface area contributed by atoms with Crippen LogP contribution in [0.1, 0.15) is 36.1 Å². The van der Waals surface area contributed by atoms with Crippen molar-refractivity contribution in [2.45, 2.75) is 25.8 Å². The van der Waals surface area contributed by atoms with Crippen LogP contribution < -0.4 is 10.1 Å². The van der Waals surface area contributed by atoms with Crippen molar-refractivity contribution in [3.8, 4) is 5.75 Å². The number of nitrogens with one attached hydrogen (secondary N) is 1. The molecule has 0 spiro atoms. The zero-order chi connectivity index (χ0) is 14.7. The number of benzene rings is 2. The average Bonchev–Trinajstić information content (AvgIpc) is 2.52. The third kappa shape index (κ3) is 3.22. The van der Waals surface area contributed by atoms with E-state index >= 15 is 0 Å². The van der Waals surface area contributed by atoms with Crippen molar-refractivity contribution < 1.29 is 4.74 Å². The Kier molecular flexibility index (Phi) is 4.47. The zero-order valence-electron chi connectivity index (χ0n) is 12.2. The maximum absolute atomic E-state index is 6.14. The lowest BCUT2D eigenvalue weighted by molar-refractivity contribution is 0.288. The Morgan fingerprint density at radius 3 is 2.86 bits per heavy atom. The van der Waals surface area contributed by atoms with E-state index in [4.69, 9.17) is 16.3 Å². The molecular formula is C18H20ClNO. The van der Waals surface area contributed by atoms with Gasteiger partial charge in [-0.2, -0.15) is 0 Å². The molecule has 0 bridgehead atoms. The first-order valence-corrected chi connectivity index (χ1v) is 7.90. The number of rotatable bonds is 4. The van der Waals surface area contributed by atoms with Crippen molar-refractivity contribution in [2.75, 3.05) is 13.2 Å². The summed E-state index contributed by atoms with van der Waals surface area (Å²) in [4.78, 5) is 0. The summed E-state index contributed by atoms with van der Waals surface area (Å²) in [5, 5.41) is 4.32. The van der Waals surface area contributed by atoms with Crippen LogP contribution in [0.3, 0.4) is 0 Å². The van der Waals surface area contributed by atoms with E-state index in [-0.39, 0.29) is 6.04 Å². The van der Waals surface area contributed by atoms with Crippen molar-refractivity contribution in [3.63, 3.8) is 0 Å². The number of fused-ring (bicyclic) bond motifs is 1. The highest BCUT2D eigenvalue weighted by atomic mass is 35.5. The fraction of sp³-hybridized carbons (Fsp3) is 0.333. The summed E-state index contributed by atoms with van der Waals surface area (Å²) >= 11 is 6.14. The van der Waals surface area contributed by atoms with E-state index in [0.29, 0.717) is 0 Å². The minimum absolute atomic E-state index is 0.168. The van der Waals surface area contributed by atoms with Crippen LogP contribution in [0.2, 0.25) is 5.02 Å². The van der Waals surface area contributed by atoms with Gasteiger partial charge in [0.25, 0.3) is 0 Å². The molecule has 0 aliphatic carbocycles. The Morgan fingerprint density at radius 1 is 1.19 bits per heavy atom. The van der Waals surface area contributed by atoms with Gasteiger partial charge in [0.15, 0.2) is 0 Å². The molecule has 1 aliphatic rings. The molecule has 1 unspecified atom stereocenters. The highest BCUT2D eigenvalue weighted by molar-refractivity contribution is 6.30. The molecular weight excluding hydrogens is 282 g/mol. The lowest BCUT2D eigenvalue weighted by Crippen LogP contribution is -2.22. The monoisotopic (exact) mass is 301 g/mol. The van der Waals surface area contributed by atoms with Crippen molar-refractivity contribution in [2.24, 2.45) is 0 Å². The second kappa shape index (κ2) is 6.50. The largest absolute Gasteiger partial charge is 0.493 e. The van der Waals surface area contributed by atoms with E-state index < -0.39 is 0 Å². The predicted molar refractivity (Wildman–Crippen MR) is 87.2 cm³/mol. The quantitative estimate of drug-likeness (QED) is 0.906. The third-order valence-corrected chi connectivity index (χ3v) is 4.09. The standard InChI is InChI=1S/C18H20ClNO/c1-2-20-18(14-5-3-7-16(19)12-14)15-8-9-17-13(11-15)6-4-10-21-17/h3,5,7-9,11-12,18,20H,2,4,6,10H2,1H3. The predicted octanol–water partition coefficient (Wildman–Crippen LogP) is 4.36. The molecule has 0 fully saturated rings.